The van der Waals surface area contributed by atoms with Crippen LogP contribution < -0.4 is 0 Å². The van der Waals surface area contributed by atoms with E-state index in [2.05, 4.69) is 56.8 Å². The van der Waals surface area contributed by atoms with Crippen LogP contribution in [0.4, 0.5) is 0 Å². The molecule has 14 heavy (non-hydrogen) atoms. The molecule has 74 valence electrons. The highest BCUT2D eigenvalue weighted by atomic mass is 14.9. The van der Waals surface area contributed by atoms with Gasteiger partial charge in [-0.1, -0.05) is 19.9 Å². The van der Waals surface area contributed by atoms with E-state index >= 15 is 0 Å². The van der Waals surface area contributed by atoms with Crippen molar-refractivity contribution in [3.63, 3.8) is 0 Å². The van der Waals surface area contributed by atoms with E-state index in [-0.39, 0.29) is 0 Å². The summed E-state index contributed by atoms with van der Waals surface area (Å²) in [5.74, 6) is 0.598. The summed E-state index contributed by atoms with van der Waals surface area (Å²) < 4.78 is 2.18. The van der Waals surface area contributed by atoms with Gasteiger partial charge in [-0.15, -0.1) is 0 Å². The lowest BCUT2D eigenvalue weighted by molar-refractivity contribution is 0.866. The van der Waals surface area contributed by atoms with Crippen LogP contribution >= 0.6 is 0 Å². The predicted molar refractivity (Wildman–Crippen MR) is 61.7 cm³/mol. The molecule has 0 saturated heterocycles. The lowest BCUT2D eigenvalue weighted by Gasteiger charge is -2.11. The van der Waals surface area contributed by atoms with E-state index in [1.54, 1.807) is 0 Å². The van der Waals surface area contributed by atoms with Crippen molar-refractivity contribution in [3.8, 4) is 0 Å². The zero-order valence-electron chi connectivity index (χ0n) is 9.33. The number of hydrogen-bond donors (Lipinski definition) is 0. The Balaban J connectivity index is 2.83. The molecule has 1 heteroatoms. The zero-order chi connectivity index (χ0) is 10.3. The highest BCUT2D eigenvalue weighted by Gasteiger charge is 2.09. The first-order valence-corrected chi connectivity index (χ1v) is 5.16. The Bertz CT molecular complexity index is 463. The molecule has 0 N–H and O–H groups in total. The van der Waals surface area contributed by atoms with E-state index in [1.807, 2.05) is 0 Å². The van der Waals surface area contributed by atoms with Gasteiger partial charge < -0.3 is 4.57 Å². The molecule has 0 fully saturated rings. The number of hydrogen-bond acceptors (Lipinski definition) is 0. The standard InChI is InChI=1S/C13H17N/c1-9(2)13-10(3)5-6-12-11(13)7-8-14(12)4/h5-9H,1-4H3. The summed E-state index contributed by atoms with van der Waals surface area (Å²) in [6.07, 6.45) is 2.13. The van der Waals surface area contributed by atoms with Crippen LogP contribution in [0, 0.1) is 6.92 Å². The molecule has 0 bridgehead atoms. The number of aromatic nitrogens is 1. The second-order valence-electron chi connectivity index (χ2n) is 4.31. The van der Waals surface area contributed by atoms with E-state index in [4.69, 9.17) is 0 Å². The fourth-order valence-electron chi connectivity index (χ4n) is 2.25. The molecule has 0 aliphatic rings. The second-order valence-corrected chi connectivity index (χ2v) is 4.31. The minimum Gasteiger partial charge on any atom is -0.351 e. The quantitative estimate of drug-likeness (QED) is 0.642. The largest absolute Gasteiger partial charge is 0.351 e. The summed E-state index contributed by atoms with van der Waals surface area (Å²) >= 11 is 0. The van der Waals surface area contributed by atoms with E-state index in [0.29, 0.717) is 5.92 Å². The minimum absolute atomic E-state index is 0.598. The maximum absolute atomic E-state index is 2.26. The van der Waals surface area contributed by atoms with Crippen LogP contribution in [0.1, 0.15) is 30.9 Å². The van der Waals surface area contributed by atoms with Crippen molar-refractivity contribution in [2.75, 3.05) is 0 Å². The molecule has 2 rings (SSSR count). The molecule has 0 spiro atoms. The first kappa shape index (κ1) is 9.32. The monoisotopic (exact) mass is 187 g/mol. The smallest absolute Gasteiger partial charge is 0.0480 e. The highest BCUT2D eigenvalue weighted by Crippen LogP contribution is 2.28. The summed E-state index contributed by atoms with van der Waals surface area (Å²) in [6, 6.07) is 6.64. The molecular formula is C13H17N. The van der Waals surface area contributed by atoms with Gasteiger partial charge in [-0.05, 0) is 36.1 Å². The van der Waals surface area contributed by atoms with Crippen LogP contribution in [0.25, 0.3) is 10.9 Å². The maximum atomic E-state index is 2.26. The predicted octanol–water partition coefficient (Wildman–Crippen LogP) is 3.61. The summed E-state index contributed by atoms with van der Waals surface area (Å²) in [5, 5.41) is 1.41. The topological polar surface area (TPSA) is 4.93 Å². The van der Waals surface area contributed by atoms with Crippen LogP contribution in [0.15, 0.2) is 24.4 Å². The van der Waals surface area contributed by atoms with E-state index in [9.17, 15) is 0 Å². The number of aryl methyl sites for hydroxylation is 2. The molecule has 0 atom stereocenters. The van der Waals surface area contributed by atoms with E-state index < -0.39 is 0 Å². The average molecular weight is 187 g/mol. The first-order chi connectivity index (χ1) is 6.61. The number of fused-ring (bicyclic) bond motifs is 1. The highest BCUT2D eigenvalue weighted by molar-refractivity contribution is 5.85. The first-order valence-electron chi connectivity index (χ1n) is 5.16. The van der Waals surface area contributed by atoms with Crippen LogP contribution in [-0.2, 0) is 7.05 Å². The van der Waals surface area contributed by atoms with Gasteiger partial charge in [0.2, 0.25) is 0 Å². The van der Waals surface area contributed by atoms with Gasteiger partial charge in [0.15, 0.2) is 0 Å². The van der Waals surface area contributed by atoms with Gasteiger partial charge in [0, 0.05) is 24.1 Å². The van der Waals surface area contributed by atoms with Crippen molar-refractivity contribution in [2.24, 2.45) is 7.05 Å². The van der Waals surface area contributed by atoms with Crippen molar-refractivity contribution in [3.05, 3.63) is 35.5 Å². The van der Waals surface area contributed by atoms with Crippen LogP contribution in [0.5, 0.6) is 0 Å². The molecular weight excluding hydrogens is 170 g/mol. The van der Waals surface area contributed by atoms with E-state index in [1.165, 1.54) is 22.0 Å². The SMILES string of the molecule is Cc1ccc2c(ccn2C)c1C(C)C. The molecule has 0 saturated carbocycles. The molecule has 1 aromatic heterocycles. The average Bonchev–Trinajstić information content (AvgIpc) is 2.47. The molecule has 0 unspecified atom stereocenters. The van der Waals surface area contributed by atoms with Gasteiger partial charge in [0.25, 0.3) is 0 Å². The maximum Gasteiger partial charge on any atom is 0.0480 e. The number of benzene rings is 1. The third-order valence-corrected chi connectivity index (χ3v) is 2.90. The lowest BCUT2D eigenvalue weighted by atomic mass is 9.94. The molecule has 1 heterocycles. The fraction of sp³-hybridized carbons (Fsp3) is 0.385. The molecule has 0 aliphatic carbocycles. The summed E-state index contributed by atoms with van der Waals surface area (Å²) in [5.41, 5.74) is 4.22. The molecule has 0 aliphatic heterocycles. The fourth-order valence-corrected chi connectivity index (χ4v) is 2.25. The van der Waals surface area contributed by atoms with E-state index in [0.717, 1.165) is 0 Å². The second kappa shape index (κ2) is 3.16. The van der Waals surface area contributed by atoms with Gasteiger partial charge >= 0.3 is 0 Å². The molecule has 0 radical (unpaired) electrons. The Morgan fingerprint density at radius 2 is 1.86 bits per heavy atom. The Morgan fingerprint density at radius 1 is 1.14 bits per heavy atom. The van der Waals surface area contributed by atoms with Gasteiger partial charge in [0.05, 0.1) is 0 Å². The van der Waals surface area contributed by atoms with Crippen LogP contribution in [0.3, 0.4) is 0 Å². The van der Waals surface area contributed by atoms with Gasteiger partial charge in [-0.25, -0.2) is 0 Å². The molecule has 2 aromatic rings. The van der Waals surface area contributed by atoms with Gasteiger partial charge in [-0.2, -0.15) is 0 Å². The summed E-state index contributed by atoms with van der Waals surface area (Å²) in [7, 11) is 2.10. The van der Waals surface area contributed by atoms with Crippen molar-refractivity contribution < 1.29 is 0 Å². The van der Waals surface area contributed by atoms with Crippen LogP contribution in [-0.4, -0.2) is 4.57 Å². The molecule has 1 aromatic carbocycles. The van der Waals surface area contributed by atoms with Crippen LogP contribution in [0.2, 0.25) is 0 Å². The van der Waals surface area contributed by atoms with Gasteiger partial charge in [0.1, 0.15) is 0 Å². The minimum atomic E-state index is 0.598. The Morgan fingerprint density at radius 3 is 2.50 bits per heavy atom. The molecule has 0 amide bonds. The third-order valence-electron chi connectivity index (χ3n) is 2.90. The van der Waals surface area contributed by atoms with Crippen molar-refractivity contribution in [1.82, 2.24) is 4.57 Å². The summed E-state index contributed by atoms with van der Waals surface area (Å²) in [4.78, 5) is 0. The van der Waals surface area contributed by atoms with Gasteiger partial charge in [-0.3, -0.25) is 0 Å². The van der Waals surface area contributed by atoms with Crippen molar-refractivity contribution in [1.29, 1.82) is 0 Å². The Labute approximate surface area is 85.4 Å². The normalized spacial score (nSPS) is 11.5. The third kappa shape index (κ3) is 1.24. The number of nitrogens with zero attached hydrogens (tertiary/aromatic N) is 1. The summed E-state index contributed by atoms with van der Waals surface area (Å²) in [6.45, 7) is 6.71. The van der Waals surface area contributed by atoms with Crippen molar-refractivity contribution in [2.45, 2.75) is 26.7 Å². The Kier molecular flexibility index (Phi) is 2.10. The van der Waals surface area contributed by atoms with Crippen molar-refractivity contribution >= 4 is 10.9 Å². The molecule has 1 nitrogen and oxygen atoms in total. The Hall–Kier alpha value is -1.24. The number of rotatable bonds is 1. The zero-order valence-corrected chi connectivity index (χ0v) is 9.33. The lowest BCUT2D eigenvalue weighted by Crippen LogP contribution is -1.93.